The summed E-state index contributed by atoms with van der Waals surface area (Å²) in [5.41, 5.74) is 2.48. The lowest BCUT2D eigenvalue weighted by atomic mass is 9.89. The monoisotopic (exact) mass is 382 g/mol. The Hall–Kier alpha value is -1.85. The summed E-state index contributed by atoms with van der Waals surface area (Å²) in [5.74, 6) is 1.44. The average Bonchev–Trinajstić information content (AvgIpc) is 3.00. The van der Waals surface area contributed by atoms with Crippen molar-refractivity contribution in [2.45, 2.75) is 37.9 Å². The molecule has 134 valence electrons. The minimum atomic E-state index is 0.109. The number of thioether (sulfide) groups is 1. The number of benzene rings is 1. The zero-order chi connectivity index (χ0) is 18.1. The third kappa shape index (κ3) is 3.26. The van der Waals surface area contributed by atoms with Crippen molar-refractivity contribution in [3.05, 3.63) is 69.3 Å². The van der Waals surface area contributed by atoms with Crippen LogP contribution in [-0.4, -0.2) is 15.3 Å². The van der Waals surface area contributed by atoms with Crippen LogP contribution in [0.15, 0.2) is 52.9 Å². The molecule has 2 aromatic heterocycles. The first-order valence-corrected chi connectivity index (χ1v) is 10.8. The van der Waals surface area contributed by atoms with Gasteiger partial charge in [-0.2, -0.15) is 0 Å². The van der Waals surface area contributed by atoms with Gasteiger partial charge >= 0.3 is 0 Å². The van der Waals surface area contributed by atoms with Gasteiger partial charge in [0.2, 0.25) is 0 Å². The van der Waals surface area contributed by atoms with E-state index in [-0.39, 0.29) is 5.56 Å². The van der Waals surface area contributed by atoms with Crippen LogP contribution in [0.2, 0.25) is 0 Å². The second-order valence-corrected chi connectivity index (χ2v) is 8.97. The van der Waals surface area contributed by atoms with Gasteiger partial charge in [-0.15, -0.1) is 17.9 Å². The summed E-state index contributed by atoms with van der Waals surface area (Å²) < 4.78 is 1.84. The van der Waals surface area contributed by atoms with Gasteiger partial charge in [-0.05, 0) is 36.3 Å². The predicted molar refractivity (Wildman–Crippen MR) is 112 cm³/mol. The van der Waals surface area contributed by atoms with Crippen molar-refractivity contribution in [3.63, 3.8) is 0 Å². The standard InChI is InChI=1S/C21H22N2OS2/c1-3-11-25-21-22-19-18(16-10-9-14(2)12-17(16)26-19)20(24)23(21)13-15-7-5-4-6-8-15/h3-8,14H,1,9-13H2,2H3/t14-/m0/s1. The lowest BCUT2D eigenvalue weighted by Gasteiger charge is -2.17. The summed E-state index contributed by atoms with van der Waals surface area (Å²) in [6.07, 6.45) is 5.08. The first kappa shape index (κ1) is 17.6. The highest BCUT2D eigenvalue weighted by Gasteiger charge is 2.24. The number of thiophene rings is 1. The molecule has 3 nitrogen and oxygen atoms in total. The van der Waals surface area contributed by atoms with Crippen molar-refractivity contribution in [2.75, 3.05) is 5.75 Å². The van der Waals surface area contributed by atoms with Gasteiger partial charge in [-0.1, -0.05) is 55.1 Å². The lowest BCUT2D eigenvalue weighted by molar-refractivity contribution is 0.509. The molecule has 1 aromatic carbocycles. The van der Waals surface area contributed by atoms with E-state index < -0.39 is 0 Å². The summed E-state index contributed by atoms with van der Waals surface area (Å²) in [5, 5.41) is 1.65. The Bertz CT molecular complexity index is 1000. The molecule has 1 aliphatic carbocycles. The number of aryl methyl sites for hydroxylation is 1. The van der Waals surface area contributed by atoms with Crippen LogP contribution < -0.4 is 5.56 Å². The van der Waals surface area contributed by atoms with E-state index in [0.717, 1.165) is 46.0 Å². The van der Waals surface area contributed by atoms with E-state index >= 15 is 0 Å². The van der Waals surface area contributed by atoms with E-state index in [4.69, 9.17) is 4.98 Å². The van der Waals surface area contributed by atoms with E-state index in [1.807, 2.05) is 28.8 Å². The SMILES string of the molecule is C=CCSc1nc2sc3c(c2c(=O)n1Cc1ccccc1)CC[C@H](C)C3. The third-order valence-electron chi connectivity index (χ3n) is 4.89. The van der Waals surface area contributed by atoms with Crippen molar-refractivity contribution in [1.82, 2.24) is 9.55 Å². The van der Waals surface area contributed by atoms with Crippen LogP contribution in [0.25, 0.3) is 10.2 Å². The highest BCUT2D eigenvalue weighted by atomic mass is 32.2. The maximum Gasteiger partial charge on any atom is 0.263 e. The van der Waals surface area contributed by atoms with Crippen LogP contribution in [0.1, 0.15) is 29.3 Å². The Morgan fingerprint density at radius 2 is 2.19 bits per heavy atom. The summed E-state index contributed by atoms with van der Waals surface area (Å²) in [4.78, 5) is 20.6. The first-order chi connectivity index (χ1) is 12.7. The van der Waals surface area contributed by atoms with Crippen LogP contribution >= 0.6 is 23.1 Å². The van der Waals surface area contributed by atoms with Gasteiger partial charge in [0.15, 0.2) is 5.16 Å². The Morgan fingerprint density at radius 3 is 2.96 bits per heavy atom. The molecular formula is C21H22N2OS2. The fraction of sp³-hybridized carbons (Fsp3) is 0.333. The van der Waals surface area contributed by atoms with Gasteiger partial charge in [-0.25, -0.2) is 4.98 Å². The van der Waals surface area contributed by atoms with Crippen molar-refractivity contribution >= 4 is 33.3 Å². The molecule has 0 N–H and O–H groups in total. The van der Waals surface area contributed by atoms with E-state index in [9.17, 15) is 4.79 Å². The Kier molecular flexibility index (Phi) is 5.00. The molecule has 0 unspecified atom stereocenters. The number of fused-ring (bicyclic) bond motifs is 3. The third-order valence-corrected chi connectivity index (χ3v) is 7.01. The molecule has 4 rings (SSSR count). The van der Waals surface area contributed by atoms with Crippen LogP contribution in [-0.2, 0) is 19.4 Å². The highest BCUT2D eigenvalue weighted by molar-refractivity contribution is 7.99. The fourth-order valence-corrected chi connectivity index (χ4v) is 5.71. The normalized spacial score (nSPS) is 16.6. The molecule has 0 saturated heterocycles. The summed E-state index contributed by atoms with van der Waals surface area (Å²) in [6.45, 7) is 6.65. The number of aromatic nitrogens is 2. The highest BCUT2D eigenvalue weighted by Crippen LogP contribution is 2.36. The summed E-state index contributed by atoms with van der Waals surface area (Å²) in [7, 11) is 0. The second-order valence-electron chi connectivity index (χ2n) is 6.90. The van der Waals surface area contributed by atoms with Crippen molar-refractivity contribution in [1.29, 1.82) is 0 Å². The minimum absolute atomic E-state index is 0.109. The lowest BCUT2D eigenvalue weighted by Crippen LogP contribution is -2.24. The van der Waals surface area contributed by atoms with E-state index in [1.54, 1.807) is 23.1 Å². The van der Waals surface area contributed by atoms with Gasteiger partial charge in [0.25, 0.3) is 5.56 Å². The molecule has 0 aliphatic heterocycles. The molecule has 0 bridgehead atoms. The number of hydrogen-bond donors (Lipinski definition) is 0. The van der Waals surface area contributed by atoms with Gasteiger partial charge < -0.3 is 0 Å². The molecule has 0 fully saturated rings. The maximum atomic E-state index is 13.4. The Balaban J connectivity index is 1.88. The van der Waals surface area contributed by atoms with Gasteiger partial charge in [0.1, 0.15) is 4.83 Å². The molecule has 0 amide bonds. The maximum absolute atomic E-state index is 13.4. The Morgan fingerprint density at radius 1 is 1.38 bits per heavy atom. The van der Waals surface area contributed by atoms with Crippen LogP contribution in [0.4, 0.5) is 0 Å². The largest absolute Gasteiger partial charge is 0.283 e. The molecule has 1 aliphatic rings. The van der Waals surface area contributed by atoms with Crippen LogP contribution in [0, 0.1) is 5.92 Å². The van der Waals surface area contributed by atoms with Gasteiger partial charge in [-0.3, -0.25) is 9.36 Å². The summed E-state index contributed by atoms with van der Waals surface area (Å²) in [6, 6.07) is 10.1. The second kappa shape index (κ2) is 7.41. The van der Waals surface area contributed by atoms with Crippen LogP contribution in [0.5, 0.6) is 0 Å². The molecular weight excluding hydrogens is 360 g/mol. The zero-order valence-corrected chi connectivity index (χ0v) is 16.5. The van der Waals surface area contributed by atoms with Gasteiger partial charge in [0, 0.05) is 10.6 Å². The molecule has 0 spiro atoms. The molecule has 26 heavy (non-hydrogen) atoms. The zero-order valence-electron chi connectivity index (χ0n) is 14.9. The molecule has 0 radical (unpaired) electrons. The number of nitrogens with zero attached hydrogens (tertiary/aromatic N) is 2. The fourth-order valence-electron chi connectivity index (χ4n) is 3.55. The van der Waals surface area contributed by atoms with E-state index in [2.05, 4.69) is 25.6 Å². The smallest absolute Gasteiger partial charge is 0.263 e. The van der Waals surface area contributed by atoms with E-state index in [0.29, 0.717) is 12.5 Å². The average molecular weight is 383 g/mol. The molecule has 3 aromatic rings. The first-order valence-electron chi connectivity index (χ1n) is 9.00. The molecule has 0 saturated carbocycles. The van der Waals surface area contributed by atoms with Crippen LogP contribution in [0.3, 0.4) is 0 Å². The Labute approximate surface area is 161 Å². The van der Waals surface area contributed by atoms with Crippen molar-refractivity contribution in [2.24, 2.45) is 5.92 Å². The van der Waals surface area contributed by atoms with E-state index in [1.165, 1.54) is 10.4 Å². The van der Waals surface area contributed by atoms with Gasteiger partial charge in [0.05, 0.1) is 11.9 Å². The predicted octanol–water partition coefficient (Wildman–Crippen LogP) is 4.91. The minimum Gasteiger partial charge on any atom is -0.283 e. The topological polar surface area (TPSA) is 34.9 Å². The summed E-state index contributed by atoms with van der Waals surface area (Å²) >= 11 is 3.30. The number of hydrogen-bond acceptors (Lipinski definition) is 4. The molecule has 2 heterocycles. The quantitative estimate of drug-likeness (QED) is 0.357. The van der Waals surface area contributed by atoms with Crippen molar-refractivity contribution in [3.8, 4) is 0 Å². The molecule has 5 heteroatoms. The number of rotatable bonds is 5. The van der Waals surface area contributed by atoms with Crippen molar-refractivity contribution < 1.29 is 0 Å². The molecule has 1 atom stereocenters.